The molecule has 0 radical (unpaired) electrons. The van der Waals surface area contributed by atoms with Gasteiger partial charge < -0.3 is 9.30 Å². The maximum absolute atomic E-state index is 13.2. The highest BCUT2D eigenvalue weighted by Gasteiger charge is 2.20. The van der Waals surface area contributed by atoms with Crippen LogP contribution in [0.5, 0.6) is 0 Å². The summed E-state index contributed by atoms with van der Waals surface area (Å²) < 4.78 is 8.22. The number of ether oxygens (including phenoxy) is 1. The van der Waals surface area contributed by atoms with Crippen molar-refractivity contribution in [2.75, 3.05) is 7.11 Å². The summed E-state index contributed by atoms with van der Waals surface area (Å²) >= 11 is 12.4. The number of carbonyl (C=O) groups excluding carboxylic acids is 1. The molecule has 0 aliphatic carbocycles. The van der Waals surface area contributed by atoms with Crippen LogP contribution in [-0.4, -0.2) is 22.2 Å². The fourth-order valence-corrected chi connectivity index (χ4v) is 4.23. The molecule has 0 spiro atoms. The predicted molar refractivity (Wildman–Crippen MR) is 117 cm³/mol. The molecule has 2 aromatic heterocycles. The fraction of sp³-hybridized carbons (Fsp3) is 0.182. The van der Waals surface area contributed by atoms with Gasteiger partial charge in [-0.3, -0.25) is 14.2 Å². The molecular weight excluding hydrogens is 411 g/mol. The van der Waals surface area contributed by atoms with Gasteiger partial charge in [-0.05, 0) is 37.3 Å². The fourth-order valence-electron chi connectivity index (χ4n) is 3.72. The number of rotatable bonds is 3. The number of halogens is 2. The Kier molecular flexibility index (Phi) is 4.89. The number of fused-ring (bicyclic) bond motifs is 3. The summed E-state index contributed by atoms with van der Waals surface area (Å²) in [4.78, 5) is 25.2. The Morgan fingerprint density at radius 1 is 1.03 bits per heavy atom. The minimum absolute atomic E-state index is 0.00783. The lowest BCUT2D eigenvalue weighted by Gasteiger charge is -2.11. The summed E-state index contributed by atoms with van der Waals surface area (Å²) in [6.07, 6.45) is 0. The van der Waals surface area contributed by atoms with Gasteiger partial charge in [0.1, 0.15) is 12.2 Å². The van der Waals surface area contributed by atoms with Crippen LogP contribution in [0.1, 0.15) is 5.56 Å². The van der Waals surface area contributed by atoms with Crippen molar-refractivity contribution in [2.24, 2.45) is 7.05 Å². The number of benzene rings is 2. The van der Waals surface area contributed by atoms with Crippen LogP contribution in [0.3, 0.4) is 0 Å². The molecule has 7 heteroatoms. The van der Waals surface area contributed by atoms with E-state index in [1.165, 1.54) is 7.11 Å². The molecular formula is C22H18Cl2N2O3. The summed E-state index contributed by atoms with van der Waals surface area (Å²) in [6.45, 7) is 2.01. The molecule has 0 aliphatic rings. The van der Waals surface area contributed by atoms with Gasteiger partial charge in [0.15, 0.2) is 0 Å². The first-order valence-electron chi connectivity index (χ1n) is 8.96. The predicted octanol–water partition coefficient (Wildman–Crippen LogP) is 4.95. The lowest BCUT2D eigenvalue weighted by atomic mass is 10.0. The van der Waals surface area contributed by atoms with Gasteiger partial charge in [0.05, 0.1) is 17.6 Å². The lowest BCUT2D eigenvalue weighted by Crippen LogP contribution is -2.22. The number of carbonyl (C=O) groups is 1. The molecule has 0 N–H and O–H groups in total. The number of methoxy groups -OCH3 is 1. The summed E-state index contributed by atoms with van der Waals surface area (Å²) in [5.41, 5.74) is 3.45. The third-order valence-electron chi connectivity index (χ3n) is 5.11. The van der Waals surface area contributed by atoms with E-state index in [4.69, 9.17) is 27.9 Å². The van der Waals surface area contributed by atoms with Gasteiger partial charge in [0.2, 0.25) is 0 Å². The largest absolute Gasteiger partial charge is 0.468 e. The maximum Gasteiger partial charge on any atom is 0.325 e. The van der Waals surface area contributed by atoms with E-state index in [-0.39, 0.29) is 18.1 Å². The molecule has 0 bridgehead atoms. The smallest absolute Gasteiger partial charge is 0.325 e. The van der Waals surface area contributed by atoms with E-state index in [1.807, 2.05) is 35.8 Å². The first kappa shape index (κ1) is 19.6. The second kappa shape index (κ2) is 7.25. The molecule has 2 heterocycles. The van der Waals surface area contributed by atoms with Gasteiger partial charge in [-0.1, -0.05) is 40.9 Å². The van der Waals surface area contributed by atoms with Gasteiger partial charge in [-0.15, -0.1) is 0 Å². The highest BCUT2D eigenvalue weighted by molar-refractivity contribution is 6.36. The zero-order valence-corrected chi connectivity index (χ0v) is 17.6. The lowest BCUT2D eigenvalue weighted by molar-refractivity contribution is -0.141. The van der Waals surface area contributed by atoms with Gasteiger partial charge in [-0.25, -0.2) is 0 Å². The summed E-state index contributed by atoms with van der Waals surface area (Å²) in [6, 6.07) is 12.9. The first-order valence-corrected chi connectivity index (χ1v) is 9.72. The molecule has 0 fully saturated rings. The molecule has 4 rings (SSSR count). The van der Waals surface area contributed by atoms with Crippen LogP contribution < -0.4 is 5.56 Å². The second-order valence-corrected chi connectivity index (χ2v) is 7.81. The standard InChI is InChI=1S/C22H18Cl2N2O3/c1-12-4-7-19-15(8-12)16-10-17(14-6-5-13(23)9-18(14)24)22(28)25(2)21(16)26(19)11-20(27)29-3/h4-10H,11H2,1-3H3. The highest BCUT2D eigenvalue weighted by Crippen LogP contribution is 2.34. The number of pyridine rings is 1. The Bertz CT molecular complexity index is 1350. The van der Waals surface area contributed by atoms with Crippen molar-refractivity contribution < 1.29 is 9.53 Å². The third kappa shape index (κ3) is 3.20. The SMILES string of the molecule is COC(=O)Cn1c2ccc(C)cc2c2cc(-c3ccc(Cl)cc3Cl)c(=O)n(C)c21. The normalized spacial score (nSPS) is 11.3. The molecule has 0 aliphatic heterocycles. The van der Waals surface area contributed by atoms with Crippen LogP contribution >= 0.6 is 23.2 Å². The molecule has 0 saturated carbocycles. The van der Waals surface area contributed by atoms with Crippen molar-refractivity contribution in [2.45, 2.75) is 13.5 Å². The molecule has 29 heavy (non-hydrogen) atoms. The van der Waals surface area contributed by atoms with Crippen LogP contribution in [-0.2, 0) is 23.1 Å². The average Bonchev–Trinajstić information content (AvgIpc) is 2.97. The number of aromatic nitrogens is 2. The van der Waals surface area contributed by atoms with Gasteiger partial charge in [0.25, 0.3) is 5.56 Å². The summed E-state index contributed by atoms with van der Waals surface area (Å²) in [5.74, 6) is -0.387. The molecule has 0 atom stereocenters. The van der Waals surface area contributed by atoms with Crippen LogP contribution in [0.15, 0.2) is 47.3 Å². The van der Waals surface area contributed by atoms with E-state index in [9.17, 15) is 9.59 Å². The molecule has 0 amide bonds. The van der Waals surface area contributed by atoms with Crippen molar-refractivity contribution in [1.82, 2.24) is 9.13 Å². The highest BCUT2D eigenvalue weighted by atomic mass is 35.5. The molecule has 5 nitrogen and oxygen atoms in total. The molecule has 2 aromatic carbocycles. The topological polar surface area (TPSA) is 53.2 Å². The van der Waals surface area contributed by atoms with E-state index < -0.39 is 0 Å². The number of nitrogens with zero attached hydrogens (tertiary/aromatic N) is 2. The van der Waals surface area contributed by atoms with Crippen molar-refractivity contribution in [3.8, 4) is 11.1 Å². The summed E-state index contributed by atoms with van der Waals surface area (Å²) in [7, 11) is 3.04. The molecule has 4 aromatic rings. The van der Waals surface area contributed by atoms with Crippen LogP contribution in [0.25, 0.3) is 33.1 Å². The van der Waals surface area contributed by atoms with Crippen molar-refractivity contribution >= 4 is 51.1 Å². The van der Waals surface area contributed by atoms with Crippen LogP contribution in [0.4, 0.5) is 0 Å². The second-order valence-electron chi connectivity index (χ2n) is 6.97. The number of aryl methyl sites for hydroxylation is 2. The minimum Gasteiger partial charge on any atom is -0.468 e. The van der Waals surface area contributed by atoms with Gasteiger partial charge in [0, 0.05) is 34.0 Å². The van der Waals surface area contributed by atoms with Gasteiger partial charge >= 0.3 is 5.97 Å². The zero-order valence-electron chi connectivity index (χ0n) is 16.1. The number of hydrogen-bond acceptors (Lipinski definition) is 3. The summed E-state index contributed by atoms with van der Waals surface area (Å²) in [5, 5.41) is 2.71. The molecule has 0 unspecified atom stereocenters. The zero-order chi connectivity index (χ0) is 20.9. The monoisotopic (exact) mass is 428 g/mol. The minimum atomic E-state index is -0.387. The van der Waals surface area contributed by atoms with Crippen molar-refractivity contribution in [3.05, 3.63) is 68.4 Å². The maximum atomic E-state index is 13.2. The van der Waals surface area contributed by atoms with Crippen molar-refractivity contribution in [1.29, 1.82) is 0 Å². The number of esters is 1. The average molecular weight is 429 g/mol. The Labute approximate surface area is 177 Å². The van der Waals surface area contributed by atoms with E-state index in [2.05, 4.69) is 0 Å². The van der Waals surface area contributed by atoms with Crippen molar-refractivity contribution in [3.63, 3.8) is 0 Å². The quantitative estimate of drug-likeness (QED) is 0.433. The Balaban J connectivity index is 2.13. The molecule has 148 valence electrons. The number of hydrogen-bond donors (Lipinski definition) is 0. The van der Waals surface area contributed by atoms with E-state index in [1.54, 1.807) is 29.8 Å². The Morgan fingerprint density at radius 2 is 1.79 bits per heavy atom. The Morgan fingerprint density at radius 3 is 2.48 bits per heavy atom. The van der Waals surface area contributed by atoms with E-state index in [0.717, 1.165) is 21.9 Å². The van der Waals surface area contributed by atoms with Crippen LogP contribution in [0.2, 0.25) is 10.0 Å². The van der Waals surface area contributed by atoms with E-state index in [0.29, 0.717) is 26.8 Å². The Hall–Kier alpha value is -2.76. The van der Waals surface area contributed by atoms with E-state index >= 15 is 0 Å². The van der Waals surface area contributed by atoms with Crippen LogP contribution in [0, 0.1) is 6.92 Å². The first-order chi connectivity index (χ1) is 13.8. The third-order valence-corrected chi connectivity index (χ3v) is 5.66. The molecule has 0 saturated heterocycles. The van der Waals surface area contributed by atoms with Gasteiger partial charge in [-0.2, -0.15) is 0 Å².